The lowest BCUT2D eigenvalue weighted by Crippen LogP contribution is -2.41. The van der Waals surface area contributed by atoms with Crippen molar-refractivity contribution in [3.8, 4) is 11.3 Å². The number of hydrogen-bond acceptors (Lipinski definition) is 9. The van der Waals surface area contributed by atoms with Crippen LogP contribution in [0.15, 0.2) is 55.8 Å². The van der Waals surface area contributed by atoms with Crippen molar-refractivity contribution in [1.82, 2.24) is 29.2 Å². The molecule has 218 valence electrons. The van der Waals surface area contributed by atoms with Gasteiger partial charge < -0.3 is 9.84 Å². The standard InChI is InChI=1S/C27H25F3N8O4/c1-14-9-18(36-42-14)13-38-24(40)19-8-7-16(10-31-22(19)37(3)26(38)41)15(2)23(39)35-21-6-4-5-20(34-21)17-11-32-25(33-12-17)27(28,29)30/h4-6,9-12,15-16H,7-8,13H2,1-3H3,(H,34,35,39)/t15-,16?/m1/s1. The SMILES string of the molecule is Cc1cc(Cn2c(=O)c3c(n(C)c2=O)N=CC([C@@H](C)C(=O)Nc2cccc(-c4cnc(C(F)(F)F)nc4)n2)CC3)no1. The van der Waals surface area contributed by atoms with Gasteiger partial charge in [-0.25, -0.2) is 24.7 Å². The number of aromatic nitrogens is 6. The van der Waals surface area contributed by atoms with E-state index >= 15 is 0 Å². The molecule has 0 radical (unpaired) electrons. The lowest BCUT2D eigenvalue weighted by Gasteiger charge is -2.18. The van der Waals surface area contributed by atoms with Gasteiger partial charge in [-0.2, -0.15) is 13.2 Å². The molecule has 12 nitrogen and oxygen atoms in total. The Kier molecular flexibility index (Phi) is 7.58. The minimum Gasteiger partial charge on any atom is -0.361 e. The third kappa shape index (κ3) is 5.75. The molecule has 4 aromatic rings. The number of aliphatic imine (C=N–C) groups is 1. The number of amides is 1. The Morgan fingerprint density at radius 3 is 2.62 bits per heavy atom. The monoisotopic (exact) mass is 582 g/mol. The van der Waals surface area contributed by atoms with Crippen LogP contribution in [-0.2, 0) is 31.0 Å². The third-order valence-electron chi connectivity index (χ3n) is 6.98. The fourth-order valence-electron chi connectivity index (χ4n) is 4.63. The molecule has 1 aliphatic heterocycles. The topological polar surface area (TPSA) is 150 Å². The highest BCUT2D eigenvalue weighted by Crippen LogP contribution is 2.28. The smallest absolute Gasteiger partial charge is 0.361 e. The van der Waals surface area contributed by atoms with Gasteiger partial charge in [0.1, 0.15) is 23.1 Å². The van der Waals surface area contributed by atoms with E-state index in [1.165, 1.54) is 11.6 Å². The first-order valence-corrected chi connectivity index (χ1v) is 12.9. The number of carbonyl (C=O) groups is 1. The van der Waals surface area contributed by atoms with Gasteiger partial charge in [0.15, 0.2) is 0 Å². The van der Waals surface area contributed by atoms with E-state index in [1.807, 2.05) is 0 Å². The Bertz CT molecular complexity index is 1790. The first kappa shape index (κ1) is 28.6. The van der Waals surface area contributed by atoms with E-state index in [0.717, 1.165) is 17.0 Å². The second-order valence-corrected chi connectivity index (χ2v) is 9.92. The van der Waals surface area contributed by atoms with Crippen LogP contribution in [0.2, 0.25) is 0 Å². The van der Waals surface area contributed by atoms with Crippen LogP contribution in [0.25, 0.3) is 11.3 Å². The zero-order valence-electron chi connectivity index (χ0n) is 22.7. The molecule has 0 saturated heterocycles. The highest BCUT2D eigenvalue weighted by atomic mass is 19.4. The van der Waals surface area contributed by atoms with Crippen LogP contribution in [0.4, 0.5) is 24.8 Å². The van der Waals surface area contributed by atoms with Gasteiger partial charge in [0, 0.05) is 49.1 Å². The highest BCUT2D eigenvalue weighted by Gasteiger charge is 2.34. The number of halogens is 3. The van der Waals surface area contributed by atoms with Gasteiger partial charge in [0.2, 0.25) is 11.7 Å². The molecule has 15 heteroatoms. The molecule has 1 unspecified atom stereocenters. The Morgan fingerprint density at radius 1 is 1.21 bits per heavy atom. The van der Waals surface area contributed by atoms with Crippen LogP contribution in [0.3, 0.4) is 0 Å². The van der Waals surface area contributed by atoms with Crippen molar-refractivity contribution in [2.24, 2.45) is 23.9 Å². The predicted octanol–water partition coefficient (Wildman–Crippen LogP) is 3.30. The molecule has 1 aliphatic rings. The van der Waals surface area contributed by atoms with E-state index in [9.17, 15) is 27.6 Å². The van der Waals surface area contributed by atoms with E-state index in [1.54, 1.807) is 44.3 Å². The molecule has 2 atom stereocenters. The van der Waals surface area contributed by atoms with E-state index in [-0.39, 0.29) is 47.7 Å². The van der Waals surface area contributed by atoms with E-state index in [2.05, 4.69) is 30.4 Å². The van der Waals surface area contributed by atoms with Crippen molar-refractivity contribution in [1.29, 1.82) is 0 Å². The molecule has 0 aliphatic carbocycles. The maximum Gasteiger partial charge on any atom is 0.451 e. The van der Waals surface area contributed by atoms with Crippen LogP contribution in [0.5, 0.6) is 0 Å². The summed E-state index contributed by atoms with van der Waals surface area (Å²) in [7, 11) is 1.53. The maximum absolute atomic E-state index is 13.3. The quantitative estimate of drug-likeness (QED) is 0.364. The summed E-state index contributed by atoms with van der Waals surface area (Å²) in [6.07, 6.45) is -0.367. The lowest BCUT2D eigenvalue weighted by atomic mass is 9.89. The number of rotatable bonds is 6. The van der Waals surface area contributed by atoms with Crippen LogP contribution in [0, 0.1) is 18.8 Å². The molecular weight excluding hydrogens is 557 g/mol. The molecule has 5 rings (SSSR count). The molecule has 0 bridgehead atoms. The van der Waals surface area contributed by atoms with Crippen molar-refractivity contribution in [3.63, 3.8) is 0 Å². The molecular formula is C27H25F3N8O4. The van der Waals surface area contributed by atoms with Crippen molar-refractivity contribution >= 4 is 23.8 Å². The molecule has 5 heterocycles. The van der Waals surface area contributed by atoms with Gasteiger partial charge in [0.25, 0.3) is 5.56 Å². The number of hydrogen-bond donors (Lipinski definition) is 1. The van der Waals surface area contributed by atoms with Crippen LogP contribution in [0.1, 0.15) is 36.2 Å². The Morgan fingerprint density at radius 2 is 1.95 bits per heavy atom. The molecule has 0 spiro atoms. The largest absolute Gasteiger partial charge is 0.451 e. The second-order valence-electron chi connectivity index (χ2n) is 9.92. The molecule has 4 aromatic heterocycles. The van der Waals surface area contributed by atoms with E-state index in [4.69, 9.17) is 4.52 Å². The summed E-state index contributed by atoms with van der Waals surface area (Å²) in [5, 5.41) is 6.60. The lowest BCUT2D eigenvalue weighted by molar-refractivity contribution is -0.145. The molecule has 42 heavy (non-hydrogen) atoms. The number of pyridine rings is 1. The summed E-state index contributed by atoms with van der Waals surface area (Å²) >= 11 is 0. The second kappa shape index (κ2) is 11.1. The molecule has 0 saturated carbocycles. The fraction of sp³-hybridized carbons (Fsp3) is 0.333. The van der Waals surface area contributed by atoms with Crippen molar-refractivity contribution in [2.45, 2.75) is 39.4 Å². The zero-order valence-corrected chi connectivity index (χ0v) is 22.7. The number of alkyl halides is 3. The van der Waals surface area contributed by atoms with Crippen LogP contribution >= 0.6 is 0 Å². The Balaban J connectivity index is 1.31. The van der Waals surface area contributed by atoms with Gasteiger partial charge in [-0.15, -0.1) is 0 Å². The summed E-state index contributed by atoms with van der Waals surface area (Å²) in [5.74, 6) is -1.63. The summed E-state index contributed by atoms with van der Waals surface area (Å²) in [6.45, 7) is 3.37. The molecule has 1 amide bonds. The number of anilines is 1. The third-order valence-corrected chi connectivity index (χ3v) is 6.98. The summed E-state index contributed by atoms with van der Waals surface area (Å²) in [4.78, 5) is 54.8. The average Bonchev–Trinajstić information content (AvgIpc) is 3.24. The number of carbonyl (C=O) groups excluding carboxylic acids is 1. The molecule has 1 N–H and O–H groups in total. The molecule has 0 aromatic carbocycles. The van der Waals surface area contributed by atoms with Crippen LogP contribution < -0.4 is 16.6 Å². The number of fused-ring (bicyclic) bond motifs is 1. The first-order valence-electron chi connectivity index (χ1n) is 12.9. The minimum absolute atomic E-state index is 0.0489. The van der Waals surface area contributed by atoms with E-state index in [0.29, 0.717) is 23.4 Å². The van der Waals surface area contributed by atoms with Gasteiger partial charge in [0.05, 0.1) is 17.8 Å². The van der Waals surface area contributed by atoms with Crippen molar-refractivity contribution in [2.75, 3.05) is 5.32 Å². The normalized spacial score (nSPS) is 15.6. The first-order chi connectivity index (χ1) is 19.9. The van der Waals surface area contributed by atoms with Crippen LogP contribution in [-0.4, -0.2) is 41.4 Å². The number of nitrogens with one attached hydrogen (secondary N) is 1. The Labute approximate surface area is 236 Å². The average molecular weight is 583 g/mol. The fourth-order valence-corrected chi connectivity index (χ4v) is 4.63. The van der Waals surface area contributed by atoms with E-state index < -0.39 is 29.2 Å². The number of aryl methyl sites for hydroxylation is 1. The van der Waals surface area contributed by atoms with Gasteiger partial charge >= 0.3 is 11.9 Å². The summed E-state index contributed by atoms with van der Waals surface area (Å²) < 4.78 is 45.8. The maximum atomic E-state index is 13.3. The van der Waals surface area contributed by atoms with Crippen molar-refractivity contribution < 1.29 is 22.5 Å². The summed E-state index contributed by atoms with van der Waals surface area (Å²) in [5.41, 5.74) is 0.295. The predicted molar refractivity (Wildman–Crippen MR) is 144 cm³/mol. The van der Waals surface area contributed by atoms with Gasteiger partial charge in [-0.3, -0.25) is 18.7 Å². The van der Waals surface area contributed by atoms with Gasteiger partial charge in [-0.05, 0) is 31.9 Å². The Hall–Kier alpha value is -4.95. The highest BCUT2D eigenvalue weighted by molar-refractivity contribution is 5.93. The van der Waals surface area contributed by atoms with Gasteiger partial charge in [-0.1, -0.05) is 18.1 Å². The zero-order chi connectivity index (χ0) is 30.2. The van der Waals surface area contributed by atoms with Crippen molar-refractivity contribution in [3.05, 3.63) is 80.3 Å². The summed E-state index contributed by atoms with van der Waals surface area (Å²) in [6, 6.07) is 6.34. The number of nitrogens with zero attached hydrogens (tertiary/aromatic N) is 7. The minimum atomic E-state index is -4.66. The molecule has 0 fully saturated rings.